The first-order valence-corrected chi connectivity index (χ1v) is 6.73. The second kappa shape index (κ2) is 6.86. The molecule has 0 aliphatic carbocycles. The highest BCUT2D eigenvalue weighted by Gasteiger charge is 2.07. The molecule has 0 aliphatic heterocycles. The highest BCUT2D eigenvalue weighted by molar-refractivity contribution is 7.98. The Morgan fingerprint density at radius 3 is 2.69 bits per heavy atom. The molecular formula is C12H17F2NS. The lowest BCUT2D eigenvalue weighted by atomic mass is 10.2. The standard InChI is InChI=1S/C12H17F2NS/c1-3-11(8-16-2)15-7-9-4-5-10(13)6-12(9)14/h4-6,11,15H,3,7-8H2,1-2H3. The van der Waals surface area contributed by atoms with Gasteiger partial charge in [0.25, 0.3) is 0 Å². The quantitative estimate of drug-likeness (QED) is 0.826. The fourth-order valence-electron chi connectivity index (χ4n) is 1.44. The van der Waals surface area contributed by atoms with Crippen molar-refractivity contribution in [3.05, 3.63) is 35.4 Å². The summed E-state index contributed by atoms with van der Waals surface area (Å²) in [5, 5.41) is 3.26. The fraction of sp³-hybridized carbons (Fsp3) is 0.500. The Morgan fingerprint density at radius 1 is 1.38 bits per heavy atom. The van der Waals surface area contributed by atoms with Gasteiger partial charge < -0.3 is 5.32 Å². The van der Waals surface area contributed by atoms with Crippen molar-refractivity contribution in [1.29, 1.82) is 0 Å². The Kier molecular flexibility index (Phi) is 5.77. The highest BCUT2D eigenvalue weighted by atomic mass is 32.2. The molecule has 1 atom stereocenters. The Labute approximate surface area is 99.6 Å². The molecule has 16 heavy (non-hydrogen) atoms. The summed E-state index contributed by atoms with van der Waals surface area (Å²) in [6.45, 7) is 2.54. The summed E-state index contributed by atoms with van der Waals surface area (Å²) in [5.41, 5.74) is 0.515. The second-order valence-corrected chi connectivity index (χ2v) is 4.59. The summed E-state index contributed by atoms with van der Waals surface area (Å²) in [4.78, 5) is 0. The molecule has 0 spiro atoms. The SMILES string of the molecule is CCC(CSC)NCc1ccc(F)cc1F. The molecule has 0 amide bonds. The zero-order valence-electron chi connectivity index (χ0n) is 9.59. The minimum Gasteiger partial charge on any atom is -0.309 e. The largest absolute Gasteiger partial charge is 0.309 e. The van der Waals surface area contributed by atoms with E-state index in [2.05, 4.69) is 12.2 Å². The van der Waals surface area contributed by atoms with Gasteiger partial charge in [0.2, 0.25) is 0 Å². The minimum atomic E-state index is -0.530. The monoisotopic (exact) mass is 245 g/mol. The predicted octanol–water partition coefficient (Wildman–Crippen LogP) is 3.20. The number of halogens is 2. The molecule has 0 saturated heterocycles. The molecule has 0 heterocycles. The van der Waals surface area contributed by atoms with E-state index in [1.807, 2.05) is 6.26 Å². The molecule has 0 radical (unpaired) electrons. The molecule has 1 unspecified atom stereocenters. The van der Waals surface area contributed by atoms with Crippen LogP contribution < -0.4 is 5.32 Å². The number of hydrogen-bond acceptors (Lipinski definition) is 2. The van der Waals surface area contributed by atoms with E-state index in [0.29, 0.717) is 18.2 Å². The summed E-state index contributed by atoms with van der Waals surface area (Å²) in [7, 11) is 0. The Balaban J connectivity index is 2.53. The van der Waals surface area contributed by atoms with E-state index in [1.165, 1.54) is 12.1 Å². The van der Waals surface area contributed by atoms with Gasteiger partial charge in [-0.3, -0.25) is 0 Å². The molecule has 0 fully saturated rings. The van der Waals surface area contributed by atoms with E-state index in [0.717, 1.165) is 18.2 Å². The normalized spacial score (nSPS) is 12.8. The number of nitrogens with one attached hydrogen (secondary N) is 1. The maximum absolute atomic E-state index is 13.3. The fourth-order valence-corrected chi connectivity index (χ4v) is 2.20. The van der Waals surface area contributed by atoms with Crippen LogP contribution in [0.1, 0.15) is 18.9 Å². The van der Waals surface area contributed by atoms with Crippen LogP contribution in [0.2, 0.25) is 0 Å². The van der Waals surface area contributed by atoms with Crippen LogP contribution in [0, 0.1) is 11.6 Å². The van der Waals surface area contributed by atoms with Crippen molar-refractivity contribution < 1.29 is 8.78 Å². The van der Waals surface area contributed by atoms with Crippen molar-refractivity contribution >= 4 is 11.8 Å². The van der Waals surface area contributed by atoms with E-state index in [-0.39, 0.29) is 0 Å². The predicted molar refractivity (Wildman–Crippen MR) is 65.7 cm³/mol. The van der Waals surface area contributed by atoms with Gasteiger partial charge in [0.05, 0.1) is 0 Å². The van der Waals surface area contributed by atoms with Gasteiger partial charge in [-0.25, -0.2) is 8.78 Å². The van der Waals surface area contributed by atoms with Crippen LogP contribution in [0.4, 0.5) is 8.78 Å². The average Bonchev–Trinajstić information content (AvgIpc) is 2.26. The van der Waals surface area contributed by atoms with E-state index in [4.69, 9.17) is 0 Å². The van der Waals surface area contributed by atoms with Crippen molar-refractivity contribution in [3.8, 4) is 0 Å². The van der Waals surface area contributed by atoms with Crippen LogP contribution >= 0.6 is 11.8 Å². The Hall–Kier alpha value is -0.610. The van der Waals surface area contributed by atoms with Crippen molar-refractivity contribution in [2.45, 2.75) is 25.9 Å². The van der Waals surface area contributed by atoms with Gasteiger partial charge >= 0.3 is 0 Å². The molecule has 0 aromatic heterocycles. The van der Waals surface area contributed by atoms with Gasteiger partial charge in [-0.2, -0.15) is 11.8 Å². The summed E-state index contributed by atoms with van der Waals surface area (Å²) in [6.07, 6.45) is 3.05. The van der Waals surface area contributed by atoms with Gasteiger partial charge in [0.15, 0.2) is 0 Å². The average molecular weight is 245 g/mol. The number of rotatable bonds is 6. The van der Waals surface area contributed by atoms with Crippen molar-refractivity contribution in [1.82, 2.24) is 5.32 Å². The lowest BCUT2D eigenvalue weighted by molar-refractivity contribution is 0.516. The zero-order chi connectivity index (χ0) is 12.0. The van der Waals surface area contributed by atoms with Crippen molar-refractivity contribution in [3.63, 3.8) is 0 Å². The van der Waals surface area contributed by atoms with E-state index >= 15 is 0 Å². The third-order valence-electron chi connectivity index (χ3n) is 2.46. The summed E-state index contributed by atoms with van der Waals surface area (Å²) < 4.78 is 26.0. The van der Waals surface area contributed by atoms with E-state index in [1.54, 1.807) is 11.8 Å². The third-order valence-corrected chi connectivity index (χ3v) is 3.19. The lowest BCUT2D eigenvalue weighted by Gasteiger charge is -2.15. The number of thioether (sulfide) groups is 1. The highest BCUT2D eigenvalue weighted by Crippen LogP contribution is 2.10. The molecule has 0 saturated carbocycles. The molecule has 0 aliphatic rings. The Bertz CT molecular complexity index is 331. The molecule has 1 aromatic rings. The maximum Gasteiger partial charge on any atom is 0.130 e. The van der Waals surface area contributed by atoms with Crippen LogP contribution in [0.3, 0.4) is 0 Å². The molecule has 1 rings (SSSR count). The molecular weight excluding hydrogens is 228 g/mol. The summed E-state index contributed by atoms with van der Waals surface area (Å²) in [6, 6.07) is 4.07. The van der Waals surface area contributed by atoms with Crippen molar-refractivity contribution in [2.75, 3.05) is 12.0 Å². The molecule has 1 nitrogen and oxygen atoms in total. The first-order chi connectivity index (χ1) is 7.67. The molecule has 4 heteroatoms. The molecule has 90 valence electrons. The first kappa shape index (κ1) is 13.5. The van der Waals surface area contributed by atoms with Gasteiger partial charge in [-0.15, -0.1) is 0 Å². The summed E-state index contributed by atoms with van der Waals surface area (Å²) >= 11 is 1.76. The zero-order valence-corrected chi connectivity index (χ0v) is 10.4. The molecule has 0 bridgehead atoms. The van der Waals surface area contributed by atoms with E-state index < -0.39 is 11.6 Å². The third kappa shape index (κ3) is 4.10. The Morgan fingerprint density at radius 2 is 2.12 bits per heavy atom. The second-order valence-electron chi connectivity index (χ2n) is 3.68. The van der Waals surface area contributed by atoms with E-state index in [9.17, 15) is 8.78 Å². The van der Waals surface area contributed by atoms with Crippen LogP contribution in [-0.4, -0.2) is 18.1 Å². The van der Waals surface area contributed by atoms with Gasteiger partial charge in [0.1, 0.15) is 11.6 Å². The van der Waals surface area contributed by atoms with Crippen molar-refractivity contribution in [2.24, 2.45) is 0 Å². The first-order valence-electron chi connectivity index (χ1n) is 5.33. The van der Waals surface area contributed by atoms with Crippen LogP contribution in [0.25, 0.3) is 0 Å². The van der Waals surface area contributed by atoms with Gasteiger partial charge in [0, 0.05) is 30.0 Å². The number of benzene rings is 1. The molecule has 1 N–H and O–H groups in total. The minimum absolute atomic E-state index is 0.374. The topological polar surface area (TPSA) is 12.0 Å². The van der Waals surface area contributed by atoms with Crippen LogP contribution in [-0.2, 0) is 6.54 Å². The smallest absolute Gasteiger partial charge is 0.130 e. The van der Waals surface area contributed by atoms with Gasteiger partial charge in [-0.05, 0) is 18.7 Å². The molecule has 1 aromatic carbocycles. The number of hydrogen-bond donors (Lipinski definition) is 1. The van der Waals surface area contributed by atoms with Crippen LogP contribution in [0.15, 0.2) is 18.2 Å². The lowest BCUT2D eigenvalue weighted by Crippen LogP contribution is -2.30. The van der Waals surface area contributed by atoms with Gasteiger partial charge in [-0.1, -0.05) is 13.0 Å². The van der Waals surface area contributed by atoms with Crippen LogP contribution in [0.5, 0.6) is 0 Å². The maximum atomic E-state index is 13.3. The summed E-state index contributed by atoms with van der Waals surface area (Å²) in [5.74, 6) is -0.0109.